The normalized spacial score (nSPS) is 13.7. The Morgan fingerprint density at radius 3 is 1.04 bits per heavy atom. The zero-order valence-electron chi connectivity index (χ0n) is 50.8. The summed E-state index contributed by atoms with van der Waals surface area (Å²) in [6.07, 6.45) is 87.3. The van der Waals surface area contributed by atoms with E-state index in [1.165, 1.54) is 148 Å². The van der Waals surface area contributed by atoms with Gasteiger partial charge < -0.3 is 20.1 Å². The van der Waals surface area contributed by atoms with Crippen LogP contribution in [0.15, 0.2) is 109 Å². The van der Waals surface area contributed by atoms with E-state index in [9.17, 15) is 19.0 Å². The van der Waals surface area contributed by atoms with Crippen LogP contribution in [-0.4, -0.2) is 49.3 Å². The summed E-state index contributed by atoms with van der Waals surface area (Å²) < 4.78 is 33.1. The summed E-state index contributed by atoms with van der Waals surface area (Å²) in [5.74, 6) is -0.838. The minimum atomic E-state index is -4.40. The Hall–Kier alpha value is -3.33. The van der Waals surface area contributed by atoms with Gasteiger partial charge in [-0.1, -0.05) is 277 Å². The highest BCUT2D eigenvalue weighted by Gasteiger charge is 2.26. The van der Waals surface area contributed by atoms with Gasteiger partial charge in [0.25, 0.3) is 0 Å². The lowest BCUT2D eigenvalue weighted by atomic mass is 10.0. The summed E-state index contributed by atoms with van der Waals surface area (Å²) in [5.41, 5.74) is 5.39. The number of esters is 2. The maximum Gasteiger partial charge on any atom is 0.472 e. The number of phosphoric ester groups is 1. The molecule has 0 radical (unpaired) electrons. The predicted octanol–water partition coefficient (Wildman–Crippen LogP) is 21.0. The Balaban J connectivity index is 3.90. The Bertz CT molecular complexity index is 1660. The predicted molar refractivity (Wildman–Crippen MR) is 339 cm³/mol. The standard InChI is InChI=1S/C69H120NO8P/c1-3-5-7-9-11-13-15-17-19-21-23-25-26-27-28-29-30-31-32-33-34-35-36-37-38-39-40-42-44-46-48-50-52-54-56-58-60-62-69(72)78-67(66-77-79(73,74)76-64-63-70)65-75-68(71)61-59-57-55-53-51-49-47-45-43-41-24-22-20-18-16-14-12-10-8-6-4-2/h5,7,11,13,16-19,22-25,27-28,30-31,43,45,67H,3-4,6,8-10,12,14-15,20-21,26,29,32-42,44,46-66,70H2,1-2H3,(H,73,74)/b7-5-,13-11-,18-16-,19-17-,24-22-,25-23-,28-27-,31-30-,45-43-. The molecule has 0 aliphatic rings. The number of carbonyl (C=O) groups excluding carboxylic acids is 2. The fourth-order valence-corrected chi connectivity index (χ4v) is 9.65. The topological polar surface area (TPSA) is 134 Å². The number of rotatable bonds is 60. The quantitative estimate of drug-likeness (QED) is 0.0264. The molecule has 0 heterocycles. The van der Waals surface area contributed by atoms with Crippen LogP contribution in [-0.2, 0) is 32.7 Å². The number of phosphoric acid groups is 1. The molecule has 0 aliphatic carbocycles. The van der Waals surface area contributed by atoms with Gasteiger partial charge in [0, 0.05) is 19.4 Å². The van der Waals surface area contributed by atoms with E-state index in [4.69, 9.17) is 24.3 Å². The van der Waals surface area contributed by atoms with E-state index in [0.29, 0.717) is 12.8 Å². The van der Waals surface area contributed by atoms with Crippen molar-refractivity contribution >= 4 is 19.8 Å². The monoisotopic (exact) mass is 1120 g/mol. The maximum atomic E-state index is 12.7. The summed E-state index contributed by atoms with van der Waals surface area (Å²) in [6, 6.07) is 0. The van der Waals surface area contributed by atoms with Gasteiger partial charge in [0.05, 0.1) is 13.2 Å². The van der Waals surface area contributed by atoms with E-state index in [0.717, 1.165) is 96.3 Å². The molecule has 2 unspecified atom stereocenters. The summed E-state index contributed by atoms with van der Waals surface area (Å²) in [6.45, 7) is 3.62. The van der Waals surface area contributed by atoms with Crippen LogP contribution >= 0.6 is 7.82 Å². The molecule has 79 heavy (non-hydrogen) atoms. The number of ether oxygens (including phenoxy) is 2. The van der Waals surface area contributed by atoms with Crippen LogP contribution in [0.5, 0.6) is 0 Å². The molecular formula is C69H120NO8P. The molecule has 0 aliphatic heterocycles. The van der Waals surface area contributed by atoms with Crippen LogP contribution in [0.1, 0.15) is 284 Å². The van der Waals surface area contributed by atoms with Crippen LogP contribution < -0.4 is 5.73 Å². The molecule has 2 atom stereocenters. The number of unbranched alkanes of at least 4 members (excludes halogenated alkanes) is 29. The molecule has 10 heteroatoms. The van der Waals surface area contributed by atoms with Crippen molar-refractivity contribution in [2.45, 2.75) is 290 Å². The minimum Gasteiger partial charge on any atom is -0.462 e. The molecule has 0 amide bonds. The van der Waals surface area contributed by atoms with Crippen LogP contribution in [0.3, 0.4) is 0 Å². The van der Waals surface area contributed by atoms with Gasteiger partial charge in [-0.2, -0.15) is 0 Å². The van der Waals surface area contributed by atoms with E-state index < -0.39 is 32.5 Å². The van der Waals surface area contributed by atoms with Crippen molar-refractivity contribution in [1.82, 2.24) is 0 Å². The third-order valence-corrected chi connectivity index (χ3v) is 14.6. The molecule has 0 aromatic carbocycles. The van der Waals surface area contributed by atoms with Gasteiger partial charge in [0.15, 0.2) is 6.10 Å². The third kappa shape index (κ3) is 63.7. The Morgan fingerprint density at radius 2 is 0.696 bits per heavy atom. The van der Waals surface area contributed by atoms with Crippen LogP contribution in [0.25, 0.3) is 0 Å². The first-order valence-corrected chi connectivity index (χ1v) is 33.9. The zero-order chi connectivity index (χ0) is 57.3. The number of hydrogen-bond donors (Lipinski definition) is 2. The molecule has 0 aromatic heterocycles. The van der Waals surface area contributed by atoms with Gasteiger partial charge >= 0.3 is 19.8 Å². The number of allylic oxidation sites excluding steroid dienone is 18. The van der Waals surface area contributed by atoms with E-state index in [1.807, 2.05) is 0 Å². The molecule has 0 bridgehead atoms. The smallest absolute Gasteiger partial charge is 0.462 e. The first-order valence-electron chi connectivity index (χ1n) is 32.4. The van der Waals surface area contributed by atoms with Crippen molar-refractivity contribution in [3.63, 3.8) is 0 Å². The number of carbonyl (C=O) groups is 2. The highest BCUT2D eigenvalue weighted by atomic mass is 31.2. The van der Waals surface area contributed by atoms with Crippen molar-refractivity contribution in [2.75, 3.05) is 26.4 Å². The Morgan fingerprint density at radius 1 is 0.392 bits per heavy atom. The van der Waals surface area contributed by atoms with E-state index >= 15 is 0 Å². The fraction of sp³-hybridized carbons (Fsp3) is 0.710. The molecule has 0 fully saturated rings. The molecular weight excluding hydrogens is 1000 g/mol. The van der Waals surface area contributed by atoms with Gasteiger partial charge in [-0.05, 0) is 103 Å². The highest BCUT2D eigenvalue weighted by molar-refractivity contribution is 7.47. The fourth-order valence-electron chi connectivity index (χ4n) is 8.88. The second kappa shape index (κ2) is 63.8. The number of hydrogen-bond acceptors (Lipinski definition) is 8. The average molecular weight is 1120 g/mol. The number of nitrogens with two attached hydrogens (primary N) is 1. The maximum absolute atomic E-state index is 12.7. The summed E-state index contributed by atoms with van der Waals surface area (Å²) in [4.78, 5) is 35.3. The molecule has 0 spiro atoms. The molecule has 0 aromatic rings. The lowest BCUT2D eigenvalue weighted by molar-refractivity contribution is -0.161. The van der Waals surface area contributed by atoms with E-state index in [2.05, 4.69) is 123 Å². The molecule has 0 rings (SSSR count). The SMILES string of the molecule is CC/C=C\C/C=C\C/C=C\C/C=C\C/C=C\C/C=C\CCCCCCCCCCCCCCCCCCCCC(=O)OC(COC(=O)CCCCCCCC/C=C\C/C=C\C/C=C\CCCCCCC)COP(=O)(O)OCCN. The summed E-state index contributed by atoms with van der Waals surface area (Å²) >= 11 is 0. The largest absolute Gasteiger partial charge is 0.472 e. The van der Waals surface area contributed by atoms with Crippen LogP contribution in [0, 0.1) is 0 Å². The van der Waals surface area contributed by atoms with Gasteiger partial charge in [0.1, 0.15) is 6.61 Å². The van der Waals surface area contributed by atoms with Gasteiger partial charge in [0.2, 0.25) is 0 Å². The zero-order valence-corrected chi connectivity index (χ0v) is 51.7. The molecule has 3 N–H and O–H groups in total. The van der Waals surface area contributed by atoms with E-state index in [1.54, 1.807) is 0 Å². The van der Waals surface area contributed by atoms with Crippen molar-refractivity contribution < 1.29 is 37.6 Å². The lowest BCUT2D eigenvalue weighted by Gasteiger charge is -2.19. The summed E-state index contributed by atoms with van der Waals surface area (Å²) in [5, 5.41) is 0. The molecule has 454 valence electrons. The molecule has 0 saturated heterocycles. The third-order valence-electron chi connectivity index (χ3n) is 13.6. The van der Waals surface area contributed by atoms with Gasteiger partial charge in [-0.25, -0.2) is 4.57 Å². The average Bonchev–Trinajstić information content (AvgIpc) is 3.44. The highest BCUT2D eigenvalue weighted by Crippen LogP contribution is 2.43. The van der Waals surface area contributed by atoms with Crippen molar-refractivity contribution in [1.29, 1.82) is 0 Å². The van der Waals surface area contributed by atoms with Crippen molar-refractivity contribution in [3.05, 3.63) is 109 Å². The Labute approximate surface area is 486 Å². The van der Waals surface area contributed by atoms with Gasteiger partial charge in [-0.15, -0.1) is 0 Å². The van der Waals surface area contributed by atoms with Crippen molar-refractivity contribution in [2.24, 2.45) is 5.73 Å². The van der Waals surface area contributed by atoms with Crippen LogP contribution in [0.2, 0.25) is 0 Å². The first kappa shape index (κ1) is 75.7. The summed E-state index contributed by atoms with van der Waals surface area (Å²) in [7, 11) is -4.40. The molecule has 0 saturated carbocycles. The first-order chi connectivity index (χ1) is 38.8. The van der Waals surface area contributed by atoms with E-state index in [-0.39, 0.29) is 32.6 Å². The second-order valence-corrected chi connectivity index (χ2v) is 22.7. The second-order valence-electron chi connectivity index (χ2n) is 21.2. The minimum absolute atomic E-state index is 0.0482. The van der Waals surface area contributed by atoms with Crippen LogP contribution in [0.4, 0.5) is 0 Å². The lowest BCUT2D eigenvalue weighted by Crippen LogP contribution is -2.29. The molecule has 9 nitrogen and oxygen atoms in total. The van der Waals surface area contributed by atoms with Crippen molar-refractivity contribution in [3.8, 4) is 0 Å². The Kier molecular flexibility index (Phi) is 61.2. The van der Waals surface area contributed by atoms with Gasteiger partial charge in [-0.3, -0.25) is 18.6 Å².